The maximum atomic E-state index is 5.99. The van der Waals surface area contributed by atoms with Crippen LogP contribution in [0.25, 0.3) is 0 Å². The Morgan fingerprint density at radius 3 is 2.46 bits per heavy atom. The van der Waals surface area contributed by atoms with E-state index in [1.165, 1.54) is 32.2 Å². The lowest BCUT2D eigenvalue weighted by molar-refractivity contribution is 0.0441. The van der Waals surface area contributed by atoms with Crippen LogP contribution in [0.5, 0.6) is 0 Å². The molecule has 76 valence electrons. The summed E-state index contributed by atoms with van der Waals surface area (Å²) in [5.74, 6) is 0.994. The molecule has 0 aromatic heterocycles. The van der Waals surface area contributed by atoms with Crippen molar-refractivity contribution in [3.8, 4) is 0 Å². The minimum Gasteiger partial charge on any atom is -0.327 e. The van der Waals surface area contributed by atoms with Crippen LogP contribution >= 0.6 is 0 Å². The van der Waals surface area contributed by atoms with E-state index in [1.54, 1.807) is 0 Å². The summed E-state index contributed by atoms with van der Waals surface area (Å²) in [6.07, 6.45) is 6.93. The molecule has 3 rings (SSSR count). The van der Waals surface area contributed by atoms with Crippen molar-refractivity contribution in [3.63, 3.8) is 0 Å². The molecule has 1 atom stereocenters. The largest absolute Gasteiger partial charge is 0.327 e. The number of piperidine rings is 2. The van der Waals surface area contributed by atoms with Gasteiger partial charge < -0.3 is 5.73 Å². The van der Waals surface area contributed by atoms with Gasteiger partial charge in [0.1, 0.15) is 0 Å². The average molecular weight is 182 g/mol. The topological polar surface area (TPSA) is 29.3 Å². The maximum Gasteiger partial charge on any atom is 0.0165 e. The zero-order valence-electron chi connectivity index (χ0n) is 8.71. The van der Waals surface area contributed by atoms with Crippen molar-refractivity contribution in [1.29, 1.82) is 0 Å². The van der Waals surface area contributed by atoms with Crippen molar-refractivity contribution in [2.24, 2.45) is 11.7 Å². The van der Waals surface area contributed by atoms with Crippen LogP contribution in [-0.2, 0) is 0 Å². The predicted octanol–water partition coefficient (Wildman–Crippen LogP) is 1.60. The molecule has 2 nitrogen and oxygen atoms in total. The molecular weight excluding hydrogens is 160 g/mol. The van der Waals surface area contributed by atoms with Crippen LogP contribution in [0, 0.1) is 5.92 Å². The summed E-state index contributed by atoms with van der Waals surface area (Å²) >= 11 is 0. The zero-order chi connectivity index (χ0) is 9.26. The van der Waals surface area contributed by atoms with Crippen LogP contribution in [-0.4, -0.2) is 30.1 Å². The Labute approximate surface area is 81.5 Å². The van der Waals surface area contributed by atoms with E-state index in [-0.39, 0.29) is 0 Å². The normalized spacial score (nSPS) is 36.5. The molecule has 0 aromatic carbocycles. The zero-order valence-corrected chi connectivity index (χ0v) is 8.71. The highest BCUT2D eigenvalue weighted by atomic mass is 15.2. The quantitative estimate of drug-likeness (QED) is 0.718. The van der Waals surface area contributed by atoms with Gasteiger partial charge in [-0.3, -0.25) is 4.90 Å². The monoisotopic (exact) mass is 182 g/mol. The molecule has 0 amide bonds. The fraction of sp³-hybridized carbons (Fsp3) is 1.00. The maximum absolute atomic E-state index is 5.99. The van der Waals surface area contributed by atoms with Crippen molar-refractivity contribution >= 4 is 0 Å². The lowest BCUT2D eigenvalue weighted by Gasteiger charge is -2.46. The lowest BCUT2D eigenvalue weighted by Crippen LogP contribution is -2.51. The van der Waals surface area contributed by atoms with Gasteiger partial charge in [0, 0.05) is 25.2 Å². The third-order valence-corrected chi connectivity index (χ3v) is 3.82. The van der Waals surface area contributed by atoms with Crippen LogP contribution in [0.1, 0.15) is 39.0 Å². The minimum atomic E-state index is 0.402. The first-order valence-corrected chi connectivity index (χ1v) is 5.79. The van der Waals surface area contributed by atoms with E-state index in [0.29, 0.717) is 6.04 Å². The molecule has 2 N–H and O–H groups in total. The van der Waals surface area contributed by atoms with Crippen LogP contribution in [0.2, 0.25) is 0 Å². The summed E-state index contributed by atoms with van der Waals surface area (Å²) in [5.41, 5.74) is 5.99. The molecule has 2 heteroatoms. The smallest absolute Gasteiger partial charge is 0.0165 e. The molecule has 13 heavy (non-hydrogen) atoms. The van der Waals surface area contributed by atoms with E-state index in [1.807, 2.05) is 0 Å². The van der Waals surface area contributed by atoms with Gasteiger partial charge in [-0.05, 0) is 38.0 Å². The molecule has 3 aliphatic rings. The van der Waals surface area contributed by atoms with E-state index in [0.717, 1.165) is 24.9 Å². The standard InChI is InChI=1S/C11H22N2/c1-2-10(12)8-13-7-9-3-5-11(13)6-4-9/h9-11H,2-8,12H2,1H3/t9?,10-,11?/m1/s1. The molecule has 1 aliphatic carbocycles. The van der Waals surface area contributed by atoms with Crippen molar-refractivity contribution in [2.45, 2.75) is 51.1 Å². The van der Waals surface area contributed by atoms with Gasteiger partial charge in [-0.15, -0.1) is 0 Å². The number of rotatable bonds is 3. The predicted molar refractivity (Wildman–Crippen MR) is 55.6 cm³/mol. The first-order chi connectivity index (χ1) is 6.29. The molecule has 0 spiro atoms. The van der Waals surface area contributed by atoms with Gasteiger partial charge in [0.2, 0.25) is 0 Å². The van der Waals surface area contributed by atoms with Crippen molar-refractivity contribution in [2.75, 3.05) is 13.1 Å². The summed E-state index contributed by atoms with van der Waals surface area (Å²) in [7, 11) is 0. The van der Waals surface area contributed by atoms with Gasteiger partial charge in [0.15, 0.2) is 0 Å². The Balaban J connectivity index is 1.86. The van der Waals surface area contributed by atoms with Crippen LogP contribution in [0.3, 0.4) is 0 Å². The summed E-state index contributed by atoms with van der Waals surface area (Å²) in [6, 6.07) is 1.28. The molecule has 0 aromatic rings. The molecule has 2 saturated heterocycles. The lowest BCUT2D eigenvalue weighted by atomic mass is 9.80. The van der Waals surface area contributed by atoms with E-state index in [2.05, 4.69) is 11.8 Å². The number of nitrogens with zero attached hydrogens (tertiary/aromatic N) is 1. The Morgan fingerprint density at radius 2 is 2.00 bits per heavy atom. The van der Waals surface area contributed by atoms with E-state index in [4.69, 9.17) is 5.73 Å². The first kappa shape index (κ1) is 9.47. The molecule has 2 aliphatic heterocycles. The Hall–Kier alpha value is -0.0800. The number of hydrogen-bond donors (Lipinski definition) is 1. The average Bonchev–Trinajstić information content (AvgIpc) is 2.19. The van der Waals surface area contributed by atoms with Gasteiger partial charge in [-0.2, -0.15) is 0 Å². The molecule has 2 bridgehead atoms. The van der Waals surface area contributed by atoms with Crippen LogP contribution < -0.4 is 5.73 Å². The fourth-order valence-electron chi connectivity index (χ4n) is 2.83. The molecule has 0 radical (unpaired) electrons. The van der Waals surface area contributed by atoms with Crippen molar-refractivity contribution in [1.82, 2.24) is 4.90 Å². The van der Waals surface area contributed by atoms with E-state index in [9.17, 15) is 0 Å². The van der Waals surface area contributed by atoms with Crippen molar-refractivity contribution < 1.29 is 0 Å². The summed E-state index contributed by atoms with van der Waals surface area (Å²) in [6.45, 7) is 4.66. The summed E-state index contributed by atoms with van der Waals surface area (Å²) < 4.78 is 0. The highest BCUT2D eigenvalue weighted by Gasteiger charge is 2.33. The minimum absolute atomic E-state index is 0.402. The number of fused-ring (bicyclic) bond motifs is 3. The Bertz CT molecular complexity index is 161. The summed E-state index contributed by atoms with van der Waals surface area (Å²) in [4.78, 5) is 2.64. The second-order valence-corrected chi connectivity index (χ2v) is 4.80. The second kappa shape index (κ2) is 3.97. The highest BCUT2D eigenvalue weighted by molar-refractivity contribution is 4.89. The van der Waals surface area contributed by atoms with Gasteiger partial charge in [0.25, 0.3) is 0 Å². The highest BCUT2D eigenvalue weighted by Crippen LogP contribution is 2.34. The van der Waals surface area contributed by atoms with Crippen LogP contribution in [0.4, 0.5) is 0 Å². The first-order valence-electron chi connectivity index (χ1n) is 5.79. The Kier molecular flexibility index (Phi) is 2.89. The molecule has 2 heterocycles. The second-order valence-electron chi connectivity index (χ2n) is 4.80. The third-order valence-electron chi connectivity index (χ3n) is 3.82. The molecule has 1 saturated carbocycles. The Morgan fingerprint density at radius 1 is 1.31 bits per heavy atom. The van der Waals surface area contributed by atoms with E-state index < -0.39 is 0 Å². The van der Waals surface area contributed by atoms with Crippen molar-refractivity contribution in [3.05, 3.63) is 0 Å². The molecule has 3 fully saturated rings. The molecular formula is C11H22N2. The SMILES string of the molecule is CC[C@@H](N)CN1CC2CCC1CC2. The van der Waals surface area contributed by atoms with Gasteiger partial charge >= 0.3 is 0 Å². The summed E-state index contributed by atoms with van der Waals surface area (Å²) in [5, 5.41) is 0. The number of nitrogens with two attached hydrogens (primary N) is 1. The number of hydrogen-bond acceptors (Lipinski definition) is 2. The third kappa shape index (κ3) is 2.05. The van der Waals surface area contributed by atoms with Gasteiger partial charge in [-0.25, -0.2) is 0 Å². The fourth-order valence-corrected chi connectivity index (χ4v) is 2.83. The van der Waals surface area contributed by atoms with Gasteiger partial charge in [0.05, 0.1) is 0 Å². The molecule has 0 unspecified atom stereocenters. The van der Waals surface area contributed by atoms with E-state index >= 15 is 0 Å². The van der Waals surface area contributed by atoms with Gasteiger partial charge in [-0.1, -0.05) is 6.92 Å². The van der Waals surface area contributed by atoms with Crippen LogP contribution in [0.15, 0.2) is 0 Å².